The minimum atomic E-state index is -0.491. The van der Waals surface area contributed by atoms with Gasteiger partial charge in [-0.25, -0.2) is 9.18 Å². The van der Waals surface area contributed by atoms with E-state index in [1.165, 1.54) is 25.3 Å². The molecule has 1 fully saturated rings. The van der Waals surface area contributed by atoms with Crippen LogP contribution in [0.15, 0.2) is 18.2 Å². The Morgan fingerprint density at radius 3 is 2.86 bits per heavy atom. The molecule has 0 unspecified atom stereocenters. The van der Waals surface area contributed by atoms with Gasteiger partial charge in [-0.15, -0.1) is 0 Å². The number of anilines is 1. The van der Waals surface area contributed by atoms with Gasteiger partial charge < -0.3 is 20.1 Å². The van der Waals surface area contributed by atoms with E-state index in [4.69, 9.17) is 9.84 Å². The van der Waals surface area contributed by atoms with Crippen molar-refractivity contribution in [2.45, 2.75) is 31.7 Å². The summed E-state index contributed by atoms with van der Waals surface area (Å²) in [5.41, 5.74) is 0.118. The van der Waals surface area contributed by atoms with Crippen molar-refractivity contribution in [2.75, 3.05) is 25.6 Å². The number of carbonyl (C=O) groups is 1. The van der Waals surface area contributed by atoms with Crippen molar-refractivity contribution >= 4 is 11.7 Å². The monoisotopic (exact) mass is 296 g/mol. The predicted octanol–water partition coefficient (Wildman–Crippen LogP) is 2.60. The smallest absolute Gasteiger partial charge is 0.322 e. The van der Waals surface area contributed by atoms with Gasteiger partial charge >= 0.3 is 6.03 Å². The van der Waals surface area contributed by atoms with Crippen LogP contribution in [0.3, 0.4) is 0 Å². The van der Waals surface area contributed by atoms with Crippen LogP contribution in [0, 0.1) is 5.82 Å². The van der Waals surface area contributed by atoms with Crippen molar-refractivity contribution in [1.29, 1.82) is 0 Å². The fraction of sp³-hybridized carbons (Fsp3) is 0.533. The second-order valence-corrected chi connectivity index (χ2v) is 5.13. The highest BCUT2D eigenvalue weighted by Gasteiger charge is 2.32. The Morgan fingerprint density at radius 2 is 2.24 bits per heavy atom. The van der Waals surface area contributed by atoms with E-state index < -0.39 is 5.82 Å². The number of amides is 2. The number of halogens is 1. The molecular weight excluding hydrogens is 275 g/mol. The van der Waals surface area contributed by atoms with Crippen LogP contribution in [-0.4, -0.2) is 42.3 Å². The van der Waals surface area contributed by atoms with E-state index in [9.17, 15) is 9.18 Å². The third kappa shape index (κ3) is 4.32. The maximum atomic E-state index is 13.7. The Labute approximate surface area is 123 Å². The molecule has 2 N–H and O–H groups in total. The van der Waals surface area contributed by atoms with Gasteiger partial charge in [-0.3, -0.25) is 0 Å². The summed E-state index contributed by atoms with van der Waals surface area (Å²) in [6.45, 7) is 0.688. The largest absolute Gasteiger partial charge is 0.497 e. The Morgan fingerprint density at radius 1 is 1.48 bits per heavy atom. The number of nitrogens with one attached hydrogen (secondary N) is 1. The zero-order valence-corrected chi connectivity index (χ0v) is 12.1. The molecule has 0 atom stereocenters. The maximum Gasteiger partial charge on any atom is 0.322 e. The van der Waals surface area contributed by atoms with Gasteiger partial charge in [0.1, 0.15) is 11.6 Å². The van der Waals surface area contributed by atoms with E-state index in [2.05, 4.69) is 5.32 Å². The summed E-state index contributed by atoms with van der Waals surface area (Å²) in [4.78, 5) is 14.0. The number of nitrogens with zero attached hydrogens (tertiary/aromatic N) is 1. The fourth-order valence-electron chi connectivity index (χ4n) is 2.14. The molecular formula is C15H21FN2O3. The lowest BCUT2D eigenvalue weighted by atomic mass is 10.2. The molecule has 21 heavy (non-hydrogen) atoms. The van der Waals surface area contributed by atoms with Crippen LogP contribution in [0.2, 0.25) is 0 Å². The molecule has 1 aliphatic rings. The standard InChI is InChI=1S/C15H21FN2O3/c1-21-12-6-7-13(16)14(10-12)17-15(20)18(11-4-5-11)8-2-3-9-19/h6-7,10-11,19H,2-5,8-9H2,1H3,(H,17,20). The number of aliphatic hydroxyl groups is 1. The molecule has 5 nitrogen and oxygen atoms in total. The average Bonchev–Trinajstić information content (AvgIpc) is 3.30. The van der Waals surface area contributed by atoms with Crippen LogP contribution in [0.1, 0.15) is 25.7 Å². The lowest BCUT2D eigenvalue weighted by molar-refractivity contribution is 0.204. The molecule has 0 aromatic heterocycles. The van der Waals surface area contributed by atoms with E-state index in [1.54, 1.807) is 4.90 Å². The number of hydrogen-bond donors (Lipinski definition) is 2. The Bertz CT molecular complexity index is 492. The first kappa shape index (κ1) is 15.6. The quantitative estimate of drug-likeness (QED) is 0.760. The Kier molecular flexibility index (Phi) is 5.38. The van der Waals surface area contributed by atoms with Crippen LogP contribution < -0.4 is 10.1 Å². The first-order valence-corrected chi connectivity index (χ1v) is 7.17. The van der Waals surface area contributed by atoms with Crippen LogP contribution in [0.25, 0.3) is 0 Å². The van der Waals surface area contributed by atoms with E-state index in [0.29, 0.717) is 18.7 Å². The van der Waals surface area contributed by atoms with Crippen LogP contribution in [0.5, 0.6) is 5.75 Å². The van der Waals surface area contributed by atoms with Gasteiger partial charge in [0.2, 0.25) is 0 Å². The van der Waals surface area contributed by atoms with Crippen LogP contribution >= 0.6 is 0 Å². The SMILES string of the molecule is COc1ccc(F)c(NC(=O)N(CCCCO)C2CC2)c1. The summed E-state index contributed by atoms with van der Waals surface area (Å²) >= 11 is 0. The predicted molar refractivity (Wildman–Crippen MR) is 78.0 cm³/mol. The lowest BCUT2D eigenvalue weighted by Crippen LogP contribution is -2.37. The zero-order valence-electron chi connectivity index (χ0n) is 12.1. The van der Waals surface area contributed by atoms with Gasteiger partial charge in [0.05, 0.1) is 12.8 Å². The number of aliphatic hydroxyl groups excluding tert-OH is 1. The highest BCUT2D eigenvalue weighted by Crippen LogP contribution is 2.28. The number of methoxy groups -OCH3 is 1. The number of urea groups is 1. The van der Waals surface area contributed by atoms with E-state index >= 15 is 0 Å². The van der Waals surface area contributed by atoms with Gasteiger partial charge in [-0.05, 0) is 37.8 Å². The minimum Gasteiger partial charge on any atom is -0.497 e. The van der Waals surface area contributed by atoms with Crippen molar-refractivity contribution in [3.05, 3.63) is 24.0 Å². The van der Waals surface area contributed by atoms with Gasteiger partial charge in [-0.1, -0.05) is 0 Å². The molecule has 2 amide bonds. The minimum absolute atomic E-state index is 0.116. The van der Waals surface area contributed by atoms with E-state index in [1.807, 2.05) is 0 Å². The molecule has 116 valence electrons. The highest BCUT2D eigenvalue weighted by atomic mass is 19.1. The molecule has 1 aliphatic carbocycles. The number of unbranched alkanes of at least 4 members (excludes halogenated alkanes) is 1. The summed E-state index contributed by atoms with van der Waals surface area (Å²) in [5.74, 6) is 0.000192. The molecule has 1 aromatic carbocycles. The fourth-order valence-corrected chi connectivity index (χ4v) is 2.14. The molecule has 1 saturated carbocycles. The molecule has 0 saturated heterocycles. The first-order valence-electron chi connectivity index (χ1n) is 7.17. The topological polar surface area (TPSA) is 61.8 Å². The van der Waals surface area contributed by atoms with Crippen molar-refractivity contribution in [3.8, 4) is 5.75 Å². The van der Waals surface area contributed by atoms with Gasteiger partial charge in [0, 0.05) is 25.3 Å². The van der Waals surface area contributed by atoms with E-state index in [0.717, 1.165) is 19.3 Å². The normalized spacial score (nSPS) is 13.9. The molecule has 0 bridgehead atoms. The van der Waals surface area contributed by atoms with Crippen LogP contribution in [-0.2, 0) is 0 Å². The summed E-state index contributed by atoms with van der Waals surface area (Å²) in [6.07, 6.45) is 3.35. The molecule has 2 rings (SSSR count). The highest BCUT2D eigenvalue weighted by molar-refractivity contribution is 5.90. The van der Waals surface area contributed by atoms with Gasteiger partial charge in [-0.2, -0.15) is 0 Å². The number of hydrogen-bond acceptors (Lipinski definition) is 3. The van der Waals surface area contributed by atoms with E-state index in [-0.39, 0.29) is 24.4 Å². The first-order chi connectivity index (χ1) is 10.2. The summed E-state index contributed by atoms with van der Waals surface area (Å²) in [5, 5.41) is 11.4. The molecule has 0 aliphatic heterocycles. The summed E-state index contributed by atoms with van der Waals surface area (Å²) in [6, 6.07) is 4.17. The molecule has 6 heteroatoms. The van der Waals surface area contributed by atoms with Crippen LogP contribution in [0.4, 0.5) is 14.9 Å². The summed E-state index contributed by atoms with van der Waals surface area (Å²) in [7, 11) is 1.49. The van der Waals surface area contributed by atoms with Crippen molar-refractivity contribution in [3.63, 3.8) is 0 Å². The summed E-state index contributed by atoms with van der Waals surface area (Å²) < 4.78 is 18.8. The second-order valence-electron chi connectivity index (χ2n) is 5.13. The maximum absolute atomic E-state index is 13.7. The van der Waals surface area contributed by atoms with Crippen molar-refractivity contribution in [1.82, 2.24) is 4.90 Å². The van der Waals surface area contributed by atoms with Crippen molar-refractivity contribution in [2.24, 2.45) is 0 Å². The molecule has 0 heterocycles. The van der Waals surface area contributed by atoms with Gasteiger partial charge in [0.15, 0.2) is 0 Å². The molecule has 0 radical (unpaired) electrons. The number of rotatable bonds is 7. The zero-order chi connectivity index (χ0) is 15.2. The van der Waals surface area contributed by atoms with Crippen molar-refractivity contribution < 1.29 is 19.0 Å². The average molecular weight is 296 g/mol. The Balaban J connectivity index is 2.00. The second kappa shape index (κ2) is 7.26. The van der Waals surface area contributed by atoms with Gasteiger partial charge in [0.25, 0.3) is 0 Å². The third-order valence-electron chi connectivity index (χ3n) is 3.47. The molecule has 1 aromatic rings. The third-order valence-corrected chi connectivity index (χ3v) is 3.47. The Hall–Kier alpha value is -1.82. The number of ether oxygens (including phenoxy) is 1. The number of carbonyl (C=O) groups excluding carboxylic acids is 1. The number of benzene rings is 1. The molecule has 0 spiro atoms. The lowest BCUT2D eigenvalue weighted by Gasteiger charge is -2.23.